The molecule has 0 saturated heterocycles. The predicted molar refractivity (Wildman–Crippen MR) is 134 cm³/mol. The van der Waals surface area contributed by atoms with Crippen molar-refractivity contribution < 1.29 is 14.3 Å². The highest BCUT2D eigenvalue weighted by Crippen LogP contribution is 2.19. The van der Waals surface area contributed by atoms with Gasteiger partial charge in [-0.15, -0.1) is 0 Å². The van der Waals surface area contributed by atoms with Crippen LogP contribution in [0.4, 0.5) is 0 Å². The standard InChI is InChI=1S/C28H40N2O3/c1-7-26(28(32)29-18-20(2)3)30(19-23-10-15-25(33-6)16-11-23)27(31)17-12-22-8-13-24(14-9-22)21(4)5/h8-11,13-16,20-21,26H,7,12,17-19H2,1-6H3,(H,29,32)/t26-/m0/s1. The van der Waals surface area contributed by atoms with Crippen LogP contribution in [0.15, 0.2) is 48.5 Å². The van der Waals surface area contributed by atoms with Crippen molar-refractivity contribution in [3.05, 3.63) is 65.2 Å². The van der Waals surface area contributed by atoms with E-state index in [1.165, 1.54) is 5.56 Å². The molecule has 0 saturated carbocycles. The SMILES string of the molecule is CC[C@@H](C(=O)NCC(C)C)N(Cc1ccc(OC)cc1)C(=O)CCc1ccc(C(C)C)cc1. The molecule has 0 unspecified atom stereocenters. The molecule has 0 aromatic heterocycles. The second-order valence-corrected chi connectivity index (χ2v) is 9.33. The molecule has 2 aromatic carbocycles. The monoisotopic (exact) mass is 452 g/mol. The van der Waals surface area contributed by atoms with Crippen LogP contribution < -0.4 is 10.1 Å². The van der Waals surface area contributed by atoms with E-state index in [1.807, 2.05) is 31.2 Å². The quantitative estimate of drug-likeness (QED) is 0.473. The van der Waals surface area contributed by atoms with E-state index < -0.39 is 6.04 Å². The Kier molecular flexibility index (Phi) is 10.4. The lowest BCUT2D eigenvalue weighted by atomic mass is 10.00. The Balaban J connectivity index is 2.17. The minimum absolute atomic E-state index is 0.00898. The van der Waals surface area contributed by atoms with Gasteiger partial charge in [0.15, 0.2) is 0 Å². The van der Waals surface area contributed by atoms with Gasteiger partial charge in [0, 0.05) is 19.5 Å². The molecule has 0 aliphatic carbocycles. The van der Waals surface area contributed by atoms with E-state index in [2.05, 4.69) is 57.3 Å². The third-order valence-corrected chi connectivity index (χ3v) is 5.86. The molecule has 0 radical (unpaired) electrons. The number of methoxy groups -OCH3 is 1. The molecule has 0 aliphatic rings. The number of nitrogens with zero attached hydrogens (tertiary/aromatic N) is 1. The zero-order valence-electron chi connectivity index (χ0n) is 21.1. The lowest BCUT2D eigenvalue weighted by Crippen LogP contribution is -2.49. The molecular formula is C28H40N2O3. The van der Waals surface area contributed by atoms with Crippen molar-refractivity contribution in [3.8, 4) is 5.75 Å². The molecule has 2 aromatic rings. The molecule has 0 fully saturated rings. The van der Waals surface area contributed by atoms with Gasteiger partial charge in [-0.05, 0) is 53.5 Å². The van der Waals surface area contributed by atoms with E-state index >= 15 is 0 Å². The first-order chi connectivity index (χ1) is 15.7. The minimum atomic E-state index is -0.498. The fraction of sp³-hybridized carbons (Fsp3) is 0.500. The van der Waals surface area contributed by atoms with Gasteiger partial charge >= 0.3 is 0 Å². The van der Waals surface area contributed by atoms with E-state index in [0.717, 1.165) is 16.9 Å². The van der Waals surface area contributed by atoms with Crippen LogP contribution in [0.1, 0.15) is 70.1 Å². The van der Waals surface area contributed by atoms with E-state index in [0.29, 0.717) is 44.2 Å². The van der Waals surface area contributed by atoms with Crippen LogP contribution in [0.25, 0.3) is 0 Å². The molecule has 0 heterocycles. The number of benzene rings is 2. The first kappa shape index (κ1) is 26.4. The van der Waals surface area contributed by atoms with Gasteiger partial charge < -0.3 is 15.0 Å². The first-order valence-electron chi connectivity index (χ1n) is 12.0. The van der Waals surface area contributed by atoms with Crippen molar-refractivity contribution in [1.29, 1.82) is 0 Å². The summed E-state index contributed by atoms with van der Waals surface area (Å²) in [4.78, 5) is 28.1. The number of hydrogen-bond donors (Lipinski definition) is 1. The lowest BCUT2D eigenvalue weighted by molar-refractivity contribution is -0.141. The van der Waals surface area contributed by atoms with Crippen LogP contribution in [-0.4, -0.2) is 36.4 Å². The van der Waals surface area contributed by atoms with Gasteiger partial charge in [-0.2, -0.15) is 0 Å². The molecular weight excluding hydrogens is 412 g/mol. The summed E-state index contributed by atoms with van der Waals surface area (Å²) in [6.45, 7) is 11.4. The number of amides is 2. The highest BCUT2D eigenvalue weighted by molar-refractivity contribution is 5.87. The Hall–Kier alpha value is -2.82. The van der Waals surface area contributed by atoms with Crippen LogP contribution in [0.2, 0.25) is 0 Å². The Labute approximate surface area is 199 Å². The van der Waals surface area contributed by atoms with Crippen LogP contribution in [0, 0.1) is 5.92 Å². The molecule has 0 bridgehead atoms. The Morgan fingerprint density at radius 3 is 2.06 bits per heavy atom. The van der Waals surface area contributed by atoms with Crippen molar-refractivity contribution in [2.24, 2.45) is 5.92 Å². The van der Waals surface area contributed by atoms with Gasteiger partial charge in [0.1, 0.15) is 11.8 Å². The summed E-state index contributed by atoms with van der Waals surface area (Å²) in [5.74, 6) is 1.50. The van der Waals surface area contributed by atoms with Gasteiger partial charge in [0.25, 0.3) is 0 Å². The summed E-state index contributed by atoms with van der Waals surface area (Å²) < 4.78 is 5.25. The molecule has 5 nitrogen and oxygen atoms in total. The fourth-order valence-corrected chi connectivity index (χ4v) is 3.73. The number of rotatable bonds is 12. The molecule has 33 heavy (non-hydrogen) atoms. The lowest BCUT2D eigenvalue weighted by Gasteiger charge is -2.31. The highest BCUT2D eigenvalue weighted by Gasteiger charge is 2.28. The number of nitrogens with one attached hydrogen (secondary N) is 1. The maximum atomic E-state index is 13.4. The molecule has 180 valence electrons. The van der Waals surface area contributed by atoms with E-state index in [-0.39, 0.29) is 11.8 Å². The molecule has 0 spiro atoms. The van der Waals surface area contributed by atoms with Crippen LogP contribution >= 0.6 is 0 Å². The predicted octanol–water partition coefficient (Wildman–Crippen LogP) is 5.33. The largest absolute Gasteiger partial charge is 0.497 e. The van der Waals surface area contributed by atoms with Gasteiger partial charge in [-0.25, -0.2) is 0 Å². The fourth-order valence-electron chi connectivity index (χ4n) is 3.73. The number of aryl methyl sites for hydroxylation is 1. The van der Waals surface area contributed by atoms with Gasteiger partial charge in [0.2, 0.25) is 11.8 Å². The Morgan fingerprint density at radius 1 is 0.939 bits per heavy atom. The molecule has 1 atom stereocenters. The van der Waals surface area contributed by atoms with Gasteiger partial charge in [0.05, 0.1) is 7.11 Å². The number of carbonyl (C=O) groups excluding carboxylic acids is 2. The molecule has 0 aliphatic heterocycles. The minimum Gasteiger partial charge on any atom is -0.497 e. The smallest absolute Gasteiger partial charge is 0.242 e. The summed E-state index contributed by atoms with van der Waals surface area (Å²) >= 11 is 0. The third kappa shape index (κ3) is 8.23. The van der Waals surface area contributed by atoms with E-state index in [9.17, 15) is 9.59 Å². The Morgan fingerprint density at radius 2 is 1.55 bits per heavy atom. The molecule has 2 amide bonds. The van der Waals surface area contributed by atoms with E-state index in [1.54, 1.807) is 12.0 Å². The molecule has 2 rings (SSSR count). The summed E-state index contributed by atoms with van der Waals surface area (Å²) in [6.07, 6.45) is 1.58. The second kappa shape index (κ2) is 13.0. The first-order valence-corrected chi connectivity index (χ1v) is 12.0. The van der Waals surface area contributed by atoms with Crippen molar-refractivity contribution in [1.82, 2.24) is 10.2 Å². The summed E-state index contributed by atoms with van der Waals surface area (Å²) in [5.41, 5.74) is 3.40. The zero-order valence-corrected chi connectivity index (χ0v) is 21.1. The van der Waals surface area contributed by atoms with Crippen LogP contribution in [0.5, 0.6) is 5.75 Å². The molecule has 1 N–H and O–H groups in total. The Bertz CT molecular complexity index is 873. The second-order valence-electron chi connectivity index (χ2n) is 9.33. The molecule has 5 heteroatoms. The highest BCUT2D eigenvalue weighted by atomic mass is 16.5. The average Bonchev–Trinajstić information content (AvgIpc) is 2.81. The maximum absolute atomic E-state index is 13.4. The van der Waals surface area contributed by atoms with Crippen LogP contribution in [0.3, 0.4) is 0 Å². The number of hydrogen-bond acceptors (Lipinski definition) is 3. The van der Waals surface area contributed by atoms with Gasteiger partial charge in [-0.1, -0.05) is 71.0 Å². The van der Waals surface area contributed by atoms with Crippen molar-refractivity contribution in [2.45, 2.75) is 72.4 Å². The maximum Gasteiger partial charge on any atom is 0.242 e. The summed E-state index contributed by atoms with van der Waals surface area (Å²) in [5, 5.41) is 3.01. The van der Waals surface area contributed by atoms with Crippen molar-refractivity contribution >= 4 is 11.8 Å². The normalized spacial score (nSPS) is 12.0. The third-order valence-electron chi connectivity index (χ3n) is 5.86. The van der Waals surface area contributed by atoms with Crippen LogP contribution in [-0.2, 0) is 22.6 Å². The van der Waals surface area contributed by atoms with Crippen molar-refractivity contribution in [3.63, 3.8) is 0 Å². The summed E-state index contributed by atoms with van der Waals surface area (Å²) in [6, 6.07) is 15.6. The summed E-state index contributed by atoms with van der Waals surface area (Å²) in [7, 11) is 1.63. The topological polar surface area (TPSA) is 58.6 Å². The van der Waals surface area contributed by atoms with Gasteiger partial charge in [-0.3, -0.25) is 9.59 Å². The average molecular weight is 453 g/mol. The zero-order chi connectivity index (χ0) is 24.4. The van der Waals surface area contributed by atoms with Crippen molar-refractivity contribution in [2.75, 3.05) is 13.7 Å². The van der Waals surface area contributed by atoms with E-state index in [4.69, 9.17) is 4.74 Å². The number of ether oxygens (including phenoxy) is 1. The number of carbonyl (C=O) groups is 2.